The number of anilines is 2. The Morgan fingerprint density at radius 2 is 1.64 bits per heavy atom. The molecule has 7 nitrogen and oxygen atoms in total. The summed E-state index contributed by atoms with van der Waals surface area (Å²) in [5.74, 6) is -0.606. The van der Waals surface area contributed by atoms with Crippen molar-refractivity contribution >= 4 is 40.7 Å². The van der Waals surface area contributed by atoms with Crippen LogP contribution < -0.4 is 20.7 Å². The predicted molar refractivity (Wildman–Crippen MR) is 129 cm³/mol. The van der Waals surface area contributed by atoms with Crippen molar-refractivity contribution in [2.45, 2.75) is 19.4 Å². The second kappa shape index (κ2) is 11.2. The summed E-state index contributed by atoms with van der Waals surface area (Å²) in [6.45, 7) is 1.38. The number of carbonyl (C=O) groups is 3. The van der Waals surface area contributed by atoms with Gasteiger partial charge in [0.05, 0.1) is 12.8 Å². The highest BCUT2D eigenvalue weighted by Crippen LogP contribution is 2.28. The molecule has 0 saturated carbocycles. The molecule has 170 valence electrons. The van der Waals surface area contributed by atoms with Gasteiger partial charge in [-0.05, 0) is 48.0 Å². The fourth-order valence-corrected chi connectivity index (χ4v) is 3.33. The van der Waals surface area contributed by atoms with E-state index in [-0.39, 0.29) is 5.91 Å². The molecule has 3 aromatic carbocycles. The lowest BCUT2D eigenvalue weighted by atomic mass is 10.0. The Kier molecular flexibility index (Phi) is 8.05. The second-order valence-electron chi connectivity index (χ2n) is 7.31. The van der Waals surface area contributed by atoms with Crippen LogP contribution in [-0.2, 0) is 16.0 Å². The highest BCUT2D eigenvalue weighted by atomic mass is 35.5. The van der Waals surface area contributed by atoms with Gasteiger partial charge < -0.3 is 20.7 Å². The molecule has 0 aliphatic heterocycles. The van der Waals surface area contributed by atoms with Crippen LogP contribution in [0.15, 0.2) is 72.8 Å². The summed E-state index contributed by atoms with van der Waals surface area (Å²) in [7, 11) is 1.49. The van der Waals surface area contributed by atoms with Crippen LogP contribution in [0, 0.1) is 0 Å². The van der Waals surface area contributed by atoms with Gasteiger partial charge in [-0.1, -0.05) is 41.9 Å². The zero-order valence-corrected chi connectivity index (χ0v) is 19.0. The third-order valence-corrected chi connectivity index (χ3v) is 5.04. The van der Waals surface area contributed by atoms with E-state index >= 15 is 0 Å². The third-order valence-electron chi connectivity index (χ3n) is 4.79. The number of methoxy groups -OCH3 is 1. The van der Waals surface area contributed by atoms with Crippen LogP contribution in [0.3, 0.4) is 0 Å². The molecule has 0 aliphatic carbocycles. The van der Waals surface area contributed by atoms with Crippen molar-refractivity contribution in [3.05, 3.63) is 88.9 Å². The average molecular weight is 466 g/mol. The van der Waals surface area contributed by atoms with E-state index in [1.54, 1.807) is 42.5 Å². The van der Waals surface area contributed by atoms with E-state index in [1.165, 1.54) is 14.0 Å². The normalized spacial score (nSPS) is 11.2. The average Bonchev–Trinajstić information content (AvgIpc) is 2.79. The van der Waals surface area contributed by atoms with Crippen molar-refractivity contribution in [1.82, 2.24) is 5.32 Å². The minimum absolute atomic E-state index is 0.269. The van der Waals surface area contributed by atoms with Crippen LogP contribution >= 0.6 is 11.6 Å². The standard InChI is InChI=1S/C25H24ClN3O4/c1-16(30)27-21-15-20(12-13-23(21)33-2)28-25(32)22(14-17-6-4-3-5-7-17)29-24(31)18-8-10-19(26)11-9-18/h3-13,15,22H,14H2,1-2H3,(H,27,30)(H,28,32)(H,29,31). The first-order chi connectivity index (χ1) is 15.9. The SMILES string of the molecule is COc1ccc(NC(=O)C(Cc2ccccc2)NC(=O)c2ccc(Cl)cc2)cc1NC(C)=O. The molecule has 0 radical (unpaired) electrons. The maximum Gasteiger partial charge on any atom is 0.251 e. The molecule has 3 N–H and O–H groups in total. The van der Waals surface area contributed by atoms with E-state index < -0.39 is 17.9 Å². The first-order valence-electron chi connectivity index (χ1n) is 10.2. The highest BCUT2D eigenvalue weighted by molar-refractivity contribution is 6.30. The van der Waals surface area contributed by atoms with Crippen molar-refractivity contribution in [2.75, 3.05) is 17.7 Å². The molecule has 0 aliphatic rings. The first-order valence-corrected chi connectivity index (χ1v) is 10.6. The van der Waals surface area contributed by atoms with Gasteiger partial charge in [0.2, 0.25) is 11.8 Å². The molecule has 0 aromatic heterocycles. The Morgan fingerprint density at radius 3 is 2.27 bits per heavy atom. The zero-order chi connectivity index (χ0) is 23.8. The molecular formula is C25H24ClN3O4. The summed E-state index contributed by atoms with van der Waals surface area (Å²) in [5, 5.41) is 8.80. The summed E-state index contributed by atoms with van der Waals surface area (Å²) in [4.78, 5) is 37.4. The predicted octanol–water partition coefficient (Wildman–Crippen LogP) is 4.29. The van der Waals surface area contributed by atoms with Gasteiger partial charge in [-0.15, -0.1) is 0 Å². The smallest absolute Gasteiger partial charge is 0.251 e. The van der Waals surface area contributed by atoms with Crippen molar-refractivity contribution in [1.29, 1.82) is 0 Å². The van der Waals surface area contributed by atoms with E-state index in [2.05, 4.69) is 16.0 Å². The van der Waals surface area contributed by atoms with Gasteiger partial charge in [0, 0.05) is 29.6 Å². The molecule has 8 heteroatoms. The van der Waals surface area contributed by atoms with Gasteiger partial charge in [0.1, 0.15) is 11.8 Å². The number of hydrogen-bond acceptors (Lipinski definition) is 4. The summed E-state index contributed by atoms with van der Waals surface area (Å²) >= 11 is 5.90. The van der Waals surface area contributed by atoms with E-state index in [1.807, 2.05) is 30.3 Å². The number of hydrogen-bond donors (Lipinski definition) is 3. The van der Waals surface area contributed by atoms with Gasteiger partial charge in [-0.25, -0.2) is 0 Å². The Bertz CT molecular complexity index is 1130. The third kappa shape index (κ3) is 6.82. The number of halogens is 1. The fourth-order valence-electron chi connectivity index (χ4n) is 3.20. The lowest BCUT2D eigenvalue weighted by molar-refractivity contribution is -0.118. The molecule has 0 spiro atoms. The topological polar surface area (TPSA) is 96.5 Å². The summed E-state index contributed by atoms with van der Waals surface area (Å²) < 4.78 is 5.25. The Labute approximate surface area is 197 Å². The molecule has 0 heterocycles. The van der Waals surface area contributed by atoms with Crippen molar-refractivity contribution in [3.8, 4) is 5.75 Å². The van der Waals surface area contributed by atoms with E-state index in [9.17, 15) is 14.4 Å². The van der Waals surface area contributed by atoms with Crippen molar-refractivity contribution < 1.29 is 19.1 Å². The molecule has 0 saturated heterocycles. The van der Waals surface area contributed by atoms with Crippen molar-refractivity contribution in [2.24, 2.45) is 0 Å². The van der Waals surface area contributed by atoms with Gasteiger partial charge in [-0.2, -0.15) is 0 Å². The Hall–Kier alpha value is -3.84. The lowest BCUT2D eigenvalue weighted by Gasteiger charge is -2.19. The molecule has 0 fully saturated rings. The van der Waals surface area contributed by atoms with Crippen LogP contribution in [-0.4, -0.2) is 30.9 Å². The second-order valence-corrected chi connectivity index (χ2v) is 7.74. The minimum atomic E-state index is -0.845. The van der Waals surface area contributed by atoms with Gasteiger partial charge in [-0.3, -0.25) is 14.4 Å². The van der Waals surface area contributed by atoms with Crippen LogP contribution in [0.4, 0.5) is 11.4 Å². The monoisotopic (exact) mass is 465 g/mol. The molecular weight excluding hydrogens is 442 g/mol. The molecule has 0 bridgehead atoms. The van der Waals surface area contributed by atoms with Crippen LogP contribution in [0.25, 0.3) is 0 Å². The molecule has 1 unspecified atom stereocenters. The number of nitrogens with one attached hydrogen (secondary N) is 3. The number of benzene rings is 3. The van der Waals surface area contributed by atoms with Crippen LogP contribution in [0.5, 0.6) is 5.75 Å². The van der Waals surface area contributed by atoms with Crippen LogP contribution in [0.2, 0.25) is 5.02 Å². The molecule has 3 rings (SSSR count). The van der Waals surface area contributed by atoms with Crippen molar-refractivity contribution in [3.63, 3.8) is 0 Å². The highest BCUT2D eigenvalue weighted by Gasteiger charge is 2.22. The van der Waals surface area contributed by atoms with Gasteiger partial charge in [0.15, 0.2) is 0 Å². The molecule has 1 atom stereocenters. The number of rotatable bonds is 8. The van der Waals surface area contributed by atoms with Gasteiger partial charge >= 0.3 is 0 Å². The lowest BCUT2D eigenvalue weighted by Crippen LogP contribution is -2.45. The largest absolute Gasteiger partial charge is 0.495 e. The molecule has 3 amide bonds. The maximum atomic E-state index is 13.2. The molecule has 3 aromatic rings. The number of amides is 3. The first kappa shape index (κ1) is 23.8. The minimum Gasteiger partial charge on any atom is -0.495 e. The number of carbonyl (C=O) groups excluding carboxylic acids is 3. The Balaban J connectivity index is 1.82. The summed E-state index contributed by atoms with van der Waals surface area (Å²) in [5.41, 5.74) is 2.15. The zero-order valence-electron chi connectivity index (χ0n) is 18.2. The summed E-state index contributed by atoms with van der Waals surface area (Å²) in [6.07, 6.45) is 0.292. The van der Waals surface area contributed by atoms with E-state index in [0.29, 0.717) is 34.1 Å². The Morgan fingerprint density at radius 1 is 0.939 bits per heavy atom. The number of ether oxygens (including phenoxy) is 1. The van der Waals surface area contributed by atoms with E-state index in [0.717, 1.165) is 5.56 Å². The van der Waals surface area contributed by atoms with Crippen LogP contribution in [0.1, 0.15) is 22.8 Å². The van der Waals surface area contributed by atoms with Gasteiger partial charge in [0.25, 0.3) is 5.91 Å². The maximum absolute atomic E-state index is 13.2. The van der Waals surface area contributed by atoms with E-state index in [4.69, 9.17) is 16.3 Å². The fraction of sp³-hybridized carbons (Fsp3) is 0.160. The molecule has 33 heavy (non-hydrogen) atoms. The quantitative estimate of drug-likeness (QED) is 0.462. The summed E-state index contributed by atoms with van der Waals surface area (Å²) in [6, 6.07) is 19.9.